The third kappa shape index (κ3) is 3.56. The van der Waals surface area contributed by atoms with Crippen molar-refractivity contribution < 1.29 is 24.2 Å². The van der Waals surface area contributed by atoms with Crippen molar-refractivity contribution in [2.75, 3.05) is 20.1 Å². The fraction of sp³-hybridized carbons (Fsp3) is 0.645. The lowest BCUT2D eigenvalue weighted by Crippen LogP contribution is -2.72. The number of likely N-dealkylation sites (tertiary alicyclic amines) is 1. The van der Waals surface area contributed by atoms with Gasteiger partial charge in [-0.2, -0.15) is 0 Å². The molecule has 5 aliphatic rings. The summed E-state index contributed by atoms with van der Waals surface area (Å²) in [6.07, 6.45) is 4.94. The molecule has 1 aromatic carbocycles. The fourth-order valence-electron chi connectivity index (χ4n) is 8.50. The molecular formula is C31H41N5O5. The van der Waals surface area contributed by atoms with Gasteiger partial charge >= 0.3 is 0 Å². The molecule has 0 saturated carbocycles. The summed E-state index contributed by atoms with van der Waals surface area (Å²) in [5.74, 6) is -3.87. The zero-order chi connectivity index (χ0) is 29.0. The molecule has 4 fully saturated rings. The molecule has 4 aliphatic heterocycles. The molecule has 10 nitrogen and oxygen atoms in total. The van der Waals surface area contributed by atoms with Crippen LogP contribution in [0.5, 0.6) is 0 Å². The second-order valence-corrected chi connectivity index (χ2v) is 13.5. The van der Waals surface area contributed by atoms with Crippen LogP contribution in [0.2, 0.25) is 0 Å². The van der Waals surface area contributed by atoms with Crippen molar-refractivity contribution in [1.82, 2.24) is 25.0 Å². The Morgan fingerprint density at radius 1 is 1.22 bits per heavy atom. The van der Waals surface area contributed by atoms with E-state index in [0.29, 0.717) is 25.9 Å². The van der Waals surface area contributed by atoms with Gasteiger partial charge in [0, 0.05) is 48.1 Å². The van der Waals surface area contributed by atoms with Crippen LogP contribution in [0.4, 0.5) is 0 Å². The first-order chi connectivity index (χ1) is 19.5. The number of rotatable bonds is 4. The fourth-order valence-corrected chi connectivity index (χ4v) is 8.50. The van der Waals surface area contributed by atoms with Gasteiger partial charge in [0.1, 0.15) is 12.1 Å². The van der Waals surface area contributed by atoms with E-state index in [-0.39, 0.29) is 35.6 Å². The normalized spacial score (nSPS) is 36.7. The molecule has 0 spiro atoms. The van der Waals surface area contributed by atoms with Gasteiger partial charge in [0.15, 0.2) is 0 Å². The Hall–Kier alpha value is -2.95. The van der Waals surface area contributed by atoms with Gasteiger partial charge in [0.05, 0.1) is 5.92 Å². The number of nitrogens with zero attached hydrogens (tertiary/aromatic N) is 3. The number of likely N-dealkylation sites (N-methyl/N-ethyl adjacent to an activating group) is 1. The summed E-state index contributed by atoms with van der Waals surface area (Å²) in [6, 6.07) is 5.10. The average Bonchev–Trinajstić information content (AvgIpc) is 3.64. The molecule has 4 saturated heterocycles. The maximum Gasteiger partial charge on any atom is 0.281 e. The van der Waals surface area contributed by atoms with Crippen LogP contribution in [0.3, 0.4) is 0 Å². The predicted molar refractivity (Wildman–Crippen MR) is 151 cm³/mol. The first-order valence-electron chi connectivity index (χ1n) is 15.2. The topological polar surface area (TPSA) is 118 Å². The molecule has 7 rings (SSSR count). The number of piperazine rings is 1. The van der Waals surface area contributed by atoms with E-state index in [1.807, 2.05) is 27.7 Å². The lowest BCUT2D eigenvalue weighted by Gasteiger charge is -2.49. The van der Waals surface area contributed by atoms with Gasteiger partial charge in [-0.15, -0.1) is 0 Å². The number of aromatic amines is 1. The van der Waals surface area contributed by atoms with Gasteiger partial charge in [0.2, 0.25) is 17.5 Å². The van der Waals surface area contributed by atoms with E-state index in [1.54, 1.807) is 4.90 Å². The van der Waals surface area contributed by atoms with Crippen molar-refractivity contribution in [2.45, 2.75) is 89.1 Å². The highest BCUT2D eigenvalue weighted by Crippen LogP contribution is 2.49. The molecule has 3 N–H and O–H groups in total. The number of nitrogens with one attached hydrogen (secondary N) is 2. The Bertz CT molecular complexity index is 1440. The Labute approximate surface area is 240 Å². The van der Waals surface area contributed by atoms with Gasteiger partial charge in [0.25, 0.3) is 11.8 Å². The number of benzene rings is 1. The minimum Gasteiger partial charge on any atom is -0.361 e. The Kier molecular flexibility index (Phi) is 5.92. The van der Waals surface area contributed by atoms with Gasteiger partial charge < -0.3 is 25.2 Å². The lowest BCUT2D eigenvalue weighted by molar-refractivity contribution is -0.323. The highest BCUT2D eigenvalue weighted by Gasteiger charge is 2.72. The summed E-state index contributed by atoms with van der Waals surface area (Å²) in [4.78, 5) is 50.6. The van der Waals surface area contributed by atoms with E-state index in [4.69, 9.17) is 4.74 Å². The molecule has 0 radical (unpaired) electrons. The monoisotopic (exact) mass is 563 g/mol. The quantitative estimate of drug-likeness (QED) is 0.525. The van der Waals surface area contributed by atoms with E-state index in [2.05, 4.69) is 46.6 Å². The summed E-state index contributed by atoms with van der Waals surface area (Å²) in [7, 11) is 2.07. The molecule has 1 aliphatic carbocycles. The molecule has 0 bridgehead atoms. The zero-order valence-electron chi connectivity index (χ0n) is 24.5. The maximum atomic E-state index is 14.3. The average molecular weight is 564 g/mol. The summed E-state index contributed by atoms with van der Waals surface area (Å²) < 4.78 is 6.42. The van der Waals surface area contributed by atoms with Crippen molar-refractivity contribution in [1.29, 1.82) is 0 Å². The lowest BCUT2D eigenvalue weighted by atomic mass is 9.72. The van der Waals surface area contributed by atoms with E-state index < -0.39 is 35.5 Å². The summed E-state index contributed by atoms with van der Waals surface area (Å²) in [6.45, 7) is 8.45. The molecule has 220 valence electrons. The number of carbonyl (C=O) groups is 3. The van der Waals surface area contributed by atoms with E-state index in [9.17, 15) is 19.5 Å². The first-order valence-corrected chi connectivity index (χ1v) is 15.2. The van der Waals surface area contributed by atoms with E-state index in [1.165, 1.54) is 21.4 Å². The van der Waals surface area contributed by atoms with Crippen LogP contribution in [-0.2, 0) is 25.5 Å². The molecule has 7 atom stereocenters. The molecule has 2 aromatic rings. The molecule has 3 amide bonds. The van der Waals surface area contributed by atoms with E-state index >= 15 is 0 Å². The van der Waals surface area contributed by atoms with Crippen molar-refractivity contribution in [3.8, 4) is 0 Å². The van der Waals surface area contributed by atoms with Gasteiger partial charge in [-0.1, -0.05) is 39.8 Å². The number of ether oxygens (including phenoxy) is 1. The Morgan fingerprint density at radius 2 is 2.00 bits per heavy atom. The predicted octanol–water partition coefficient (Wildman–Crippen LogP) is 2.13. The molecule has 41 heavy (non-hydrogen) atoms. The van der Waals surface area contributed by atoms with Gasteiger partial charge in [-0.05, 0) is 55.8 Å². The number of amides is 3. The highest BCUT2D eigenvalue weighted by molar-refractivity contribution is 5.98. The SMILES string of the molecule is CC(C)C1C(=O)N2CCCC2[C@]2(O)O[C@](NC(=O)C3CC4c5cccc6[nH]cc(c56)CC4N(C)C3)(C(C)C)C(=O)N12. The van der Waals surface area contributed by atoms with Crippen LogP contribution in [-0.4, -0.2) is 92.4 Å². The molecule has 1 aromatic heterocycles. The van der Waals surface area contributed by atoms with Crippen molar-refractivity contribution in [3.05, 3.63) is 35.5 Å². The number of H-pyrrole nitrogens is 1. The number of hydrogen-bond donors (Lipinski definition) is 3. The molecule has 5 unspecified atom stereocenters. The highest BCUT2D eigenvalue weighted by atomic mass is 16.7. The van der Waals surface area contributed by atoms with Crippen LogP contribution in [0, 0.1) is 17.8 Å². The van der Waals surface area contributed by atoms with Gasteiger partial charge in [-0.25, -0.2) is 0 Å². The zero-order valence-corrected chi connectivity index (χ0v) is 24.5. The Morgan fingerprint density at radius 3 is 2.73 bits per heavy atom. The Balaban J connectivity index is 1.21. The number of fused-ring (bicyclic) bond motifs is 5. The van der Waals surface area contributed by atoms with Gasteiger partial charge in [-0.3, -0.25) is 24.0 Å². The van der Waals surface area contributed by atoms with Crippen LogP contribution in [0.1, 0.15) is 64.0 Å². The van der Waals surface area contributed by atoms with Crippen molar-refractivity contribution in [3.63, 3.8) is 0 Å². The summed E-state index contributed by atoms with van der Waals surface area (Å²) in [5, 5.41) is 16.4. The minimum absolute atomic E-state index is 0.162. The maximum absolute atomic E-state index is 14.3. The number of carbonyl (C=O) groups excluding carboxylic acids is 3. The second kappa shape index (κ2) is 9.02. The van der Waals surface area contributed by atoms with Crippen molar-refractivity contribution in [2.24, 2.45) is 17.8 Å². The summed E-state index contributed by atoms with van der Waals surface area (Å²) in [5.41, 5.74) is 1.93. The summed E-state index contributed by atoms with van der Waals surface area (Å²) >= 11 is 0. The number of aliphatic hydroxyl groups is 1. The van der Waals surface area contributed by atoms with E-state index in [0.717, 1.165) is 18.4 Å². The standard InChI is InChI=1S/C31H41N5O5/c1-16(2)26-28(38)35-11-7-10-24(35)31(40)36(26)29(39)30(41-31,17(3)4)33-27(37)19-12-21-20-8-6-9-22-25(20)18(14-32-22)13-23(21)34(5)15-19/h6,8-9,14,16-17,19,21,23-24,26,32,40H,7,10-13,15H2,1-5H3,(H,33,37)/t19?,21?,23?,24?,26?,30-,31+/m1/s1. The van der Waals surface area contributed by atoms with Crippen LogP contribution in [0.25, 0.3) is 10.9 Å². The largest absolute Gasteiger partial charge is 0.361 e. The number of aromatic nitrogens is 1. The third-order valence-electron chi connectivity index (χ3n) is 10.5. The molecule has 10 heteroatoms. The smallest absolute Gasteiger partial charge is 0.281 e. The third-order valence-corrected chi connectivity index (χ3v) is 10.5. The second-order valence-electron chi connectivity index (χ2n) is 13.5. The minimum atomic E-state index is -1.99. The first kappa shape index (κ1) is 26.9. The van der Waals surface area contributed by atoms with Crippen molar-refractivity contribution >= 4 is 28.6 Å². The number of hydrogen-bond acceptors (Lipinski definition) is 6. The van der Waals surface area contributed by atoms with Crippen LogP contribution < -0.4 is 5.32 Å². The number of piperidine rings is 1. The molecule has 5 heterocycles. The van der Waals surface area contributed by atoms with Crippen LogP contribution >= 0.6 is 0 Å². The van der Waals surface area contributed by atoms with Crippen LogP contribution in [0.15, 0.2) is 24.4 Å². The molecular weight excluding hydrogens is 522 g/mol.